The zero-order valence-electron chi connectivity index (χ0n) is 13.8. The number of pyridine rings is 1. The number of halogens is 1. The van der Waals surface area contributed by atoms with E-state index in [0.717, 1.165) is 0 Å². The number of piperazine rings is 1. The SMILES string of the molecule is O=C(C#Cc1cccc(Cl)c1)N1CCN(c2ncccc2[N+](=O)[O-])CC1. The zero-order chi connectivity index (χ0) is 18.5. The van der Waals surface area contributed by atoms with Crippen LogP contribution in [0.25, 0.3) is 0 Å². The third-order valence-corrected chi connectivity index (χ3v) is 4.20. The molecular weight excluding hydrogens is 356 g/mol. The summed E-state index contributed by atoms with van der Waals surface area (Å²) in [6.45, 7) is 1.78. The lowest BCUT2D eigenvalue weighted by Crippen LogP contribution is -2.48. The van der Waals surface area contributed by atoms with Crippen LogP contribution in [0, 0.1) is 22.0 Å². The third-order valence-electron chi connectivity index (χ3n) is 3.97. The van der Waals surface area contributed by atoms with Crippen LogP contribution in [0.5, 0.6) is 0 Å². The number of nitro groups is 1. The molecule has 132 valence electrons. The normalized spacial score (nSPS) is 13.7. The molecule has 0 radical (unpaired) electrons. The second-order valence-electron chi connectivity index (χ2n) is 5.64. The van der Waals surface area contributed by atoms with Crippen LogP contribution >= 0.6 is 11.6 Å². The molecule has 0 aliphatic carbocycles. The van der Waals surface area contributed by atoms with E-state index in [-0.39, 0.29) is 11.6 Å². The van der Waals surface area contributed by atoms with Crippen molar-refractivity contribution < 1.29 is 9.72 Å². The summed E-state index contributed by atoms with van der Waals surface area (Å²) in [7, 11) is 0. The Labute approximate surface area is 155 Å². The maximum absolute atomic E-state index is 12.3. The van der Waals surface area contributed by atoms with Gasteiger partial charge in [0.2, 0.25) is 5.82 Å². The number of benzene rings is 1. The lowest BCUT2D eigenvalue weighted by molar-refractivity contribution is -0.384. The van der Waals surface area contributed by atoms with Gasteiger partial charge in [-0.3, -0.25) is 14.9 Å². The molecule has 0 N–H and O–H groups in total. The van der Waals surface area contributed by atoms with Crippen molar-refractivity contribution >= 4 is 29.0 Å². The van der Waals surface area contributed by atoms with Crippen molar-refractivity contribution in [3.8, 4) is 11.8 Å². The quantitative estimate of drug-likeness (QED) is 0.460. The standard InChI is InChI=1S/C18H15ClN4O3/c19-15-4-1-3-14(13-15)6-7-17(24)21-9-11-22(12-10-21)18-16(23(25)26)5-2-8-20-18/h1-5,8,13H,9-12H2. The Bertz CT molecular complexity index is 899. The van der Waals surface area contributed by atoms with Crippen molar-refractivity contribution in [2.75, 3.05) is 31.1 Å². The average molecular weight is 371 g/mol. The molecular formula is C18H15ClN4O3. The summed E-state index contributed by atoms with van der Waals surface area (Å²) in [5.41, 5.74) is 0.640. The topological polar surface area (TPSA) is 79.6 Å². The van der Waals surface area contributed by atoms with Gasteiger partial charge in [-0.05, 0) is 24.3 Å². The number of carbonyl (C=O) groups is 1. The van der Waals surface area contributed by atoms with Gasteiger partial charge in [0.25, 0.3) is 5.91 Å². The van der Waals surface area contributed by atoms with Crippen molar-refractivity contribution in [3.05, 3.63) is 63.3 Å². The zero-order valence-corrected chi connectivity index (χ0v) is 14.5. The molecule has 1 amide bonds. The highest BCUT2D eigenvalue weighted by atomic mass is 35.5. The van der Waals surface area contributed by atoms with Crippen molar-refractivity contribution in [1.29, 1.82) is 0 Å². The molecule has 8 heteroatoms. The fraction of sp³-hybridized carbons (Fsp3) is 0.222. The summed E-state index contributed by atoms with van der Waals surface area (Å²) in [6, 6.07) is 9.95. The number of amides is 1. The van der Waals surface area contributed by atoms with Gasteiger partial charge in [0, 0.05) is 54.9 Å². The maximum Gasteiger partial charge on any atom is 0.311 e. The summed E-state index contributed by atoms with van der Waals surface area (Å²) in [6.07, 6.45) is 1.52. The van der Waals surface area contributed by atoms with Crippen LogP contribution in [0.3, 0.4) is 0 Å². The maximum atomic E-state index is 12.3. The fourth-order valence-corrected chi connectivity index (χ4v) is 2.86. The number of anilines is 1. The summed E-state index contributed by atoms with van der Waals surface area (Å²) in [5.74, 6) is 5.48. The van der Waals surface area contributed by atoms with Gasteiger partial charge in [0.1, 0.15) is 0 Å². The molecule has 0 spiro atoms. The van der Waals surface area contributed by atoms with Gasteiger partial charge < -0.3 is 9.80 Å². The predicted molar refractivity (Wildman–Crippen MR) is 98.0 cm³/mol. The molecule has 26 heavy (non-hydrogen) atoms. The van der Waals surface area contributed by atoms with Crippen LogP contribution in [-0.2, 0) is 4.79 Å². The number of hydrogen-bond donors (Lipinski definition) is 0. The van der Waals surface area contributed by atoms with Gasteiger partial charge >= 0.3 is 5.69 Å². The number of carbonyl (C=O) groups excluding carboxylic acids is 1. The van der Waals surface area contributed by atoms with Crippen molar-refractivity contribution in [2.24, 2.45) is 0 Å². The van der Waals surface area contributed by atoms with E-state index in [2.05, 4.69) is 16.8 Å². The molecule has 2 heterocycles. The molecule has 1 aromatic heterocycles. The second-order valence-corrected chi connectivity index (χ2v) is 6.08. The first kappa shape index (κ1) is 17.7. The molecule has 7 nitrogen and oxygen atoms in total. The summed E-state index contributed by atoms with van der Waals surface area (Å²) in [4.78, 5) is 30.5. The van der Waals surface area contributed by atoms with Crippen molar-refractivity contribution in [2.45, 2.75) is 0 Å². The average Bonchev–Trinajstić information content (AvgIpc) is 2.66. The molecule has 0 atom stereocenters. The van der Waals surface area contributed by atoms with Crippen LogP contribution in [0.2, 0.25) is 5.02 Å². The highest BCUT2D eigenvalue weighted by Gasteiger charge is 2.26. The Morgan fingerprint density at radius 3 is 2.65 bits per heavy atom. The van der Waals surface area contributed by atoms with Gasteiger partial charge in [0.15, 0.2) is 0 Å². The van der Waals surface area contributed by atoms with E-state index in [0.29, 0.717) is 42.6 Å². The van der Waals surface area contributed by atoms with Gasteiger partial charge in [-0.2, -0.15) is 0 Å². The third kappa shape index (κ3) is 4.10. The minimum atomic E-state index is -0.448. The Balaban J connectivity index is 1.64. The first-order chi connectivity index (χ1) is 12.5. The van der Waals surface area contributed by atoms with Crippen molar-refractivity contribution in [1.82, 2.24) is 9.88 Å². The molecule has 1 fully saturated rings. The molecule has 0 unspecified atom stereocenters. The smallest absolute Gasteiger partial charge is 0.311 e. The molecule has 0 bridgehead atoms. The first-order valence-corrected chi connectivity index (χ1v) is 8.33. The molecule has 0 saturated carbocycles. The van der Waals surface area contributed by atoms with E-state index in [1.807, 2.05) is 4.90 Å². The summed E-state index contributed by atoms with van der Waals surface area (Å²) in [5, 5.41) is 11.7. The molecule has 1 aliphatic heterocycles. The fourth-order valence-electron chi connectivity index (χ4n) is 2.67. The van der Waals surface area contributed by atoms with E-state index >= 15 is 0 Å². The minimum absolute atomic E-state index is 0.0342. The minimum Gasteiger partial charge on any atom is -0.347 e. The van der Waals surface area contributed by atoms with Gasteiger partial charge in [-0.25, -0.2) is 4.98 Å². The number of aromatic nitrogens is 1. The highest BCUT2D eigenvalue weighted by molar-refractivity contribution is 6.30. The predicted octanol–water partition coefficient (Wildman–Crippen LogP) is 2.34. The van der Waals surface area contributed by atoms with Gasteiger partial charge in [-0.15, -0.1) is 0 Å². The Hall–Kier alpha value is -3.11. The van der Waals surface area contributed by atoms with Gasteiger partial charge in [-0.1, -0.05) is 23.6 Å². The number of rotatable bonds is 2. The van der Waals surface area contributed by atoms with Crippen molar-refractivity contribution in [3.63, 3.8) is 0 Å². The first-order valence-electron chi connectivity index (χ1n) is 7.95. The van der Waals surface area contributed by atoms with Crippen LogP contribution < -0.4 is 4.90 Å². The highest BCUT2D eigenvalue weighted by Crippen LogP contribution is 2.25. The Morgan fingerprint density at radius 2 is 1.96 bits per heavy atom. The molecule has 3 rings (SSSR count). The molecule has 2 aromatic rings. The largest absolute Gasteiger partial charge is 0.347 e. The Kier molecular flexibility index (Phi) is 5.34. The lowest BCUT2D eigenvalue weighted by Gasteiger charge is -2.34. The Morgan fingerprint density at radius 1 is 1.19 bits per heavy atom. The second kappa shape index (κ2) is 7.85. The van der Waals surface area contributed by atoms with E-state index in [1.165, 1.54) is 18.3 Å². The van der Waals surface area contributed by atoms with E-state index in [1.54, 1.807) is 29.2 Å². The lowest BCUT2D eigenvalue weighted by atomic mass is 10.2. The van der Waals surface area contributed by atoms with E-state index in [9.17, 15) is 14.9 Å². The van der Waals surface area contributed by atoms with Crippen LogP contribution in [0.15, 0.2) is 42.6 Å². The molecule has 1 aliphatic rings. The number of nitrogens with zero attached hydrogens (tertiary/aromatic N) is 4. The molecule has 1 saturated heterocycles. The van der Waals surface area contributed by atoms with Crippen LogP contribution in [-0.4, -0.2) is 46.9 Å². The van der Waals surface area contributed by atoms with E-state index < -0.39 is 4.92 Å². The van der Waals surface area contributed by atoms with Gasteiger partial charge in [0.05, 0.1) is 4.92 Å². The summed E-state index contributed by atoms with van der Waals surface area (Å²) >= 11 is 5.90. The molecule has 1 aromatic carbocycles. The van der Waals surface area contributed by atoms with E-state index in [4.69, 9.17) is 11.6 Å². The monoisotopic (exact) mass is 370 g/mol. The van der Waals surface area contributed by atoms with Crippen LogP contribution in [0.4, 0.5) is 11.5 Å². The summed E-state index contributed by atoms with van der Waals surface area (Å²) < 4.78 is 0. The number of hydrogen-bond acceptors (Lipinski definition) is 5. The van der Waals surface area contributed by atoms with Crippen LogP contribution in [0.1, 0.15) is 5.56 Å².